The van der Waals surface area contributed by atoms with Gasteiger partial charge in [0.05, 0.1) is 10.6 Å². The first kappa shape index (κ1) is 20.2. The molecule has 2 aromatic rings. The number of halogens is 2. The van der Waals surface area contributed by atoms with Crippen molar-refractivity contribution < 1.29 is 9.59 Å². The lowest BCUT2D eigenvalue weighted by atomic mass is 10.0. The molecular formula is C21H21Cl2N3O2. The van der Waals surface area contributed by atoms with E-state index in [4.69, 9.17) is 23.2 Å². The number of nitrogens with one attached hydrogen (secondary N) is 1. The third-order valence-electron chi connectivity index (χ3n) is 4.49. The minimum Gasteiger partial charge on any atom is -0.378 e. The number of carbonyl (C=O) groups is 2. The van der Waals surface area contributed by atoms with E-state index in [-0.39, 0.29) is 29.1 Å². The predicted octanol–water partition coefficient (Wildman–Crippen LogP) is 4.66. The Hall–Kier alpha value is -2.50. The van der Waals surface area contributed by atoms with Gasteiger partial charge in [-0.1, -0.05) is 29.3 Å². The van der Waals surface area contributed by atoms with E-state index in [9.17, 15) is 9.59 Å². The van der Waals surface area contributed by atoms with Crippen LogP contribution in [0.4, 0.5) is 11.4 Å². The molecule has 2 aromatic carbocycles. The Kier molecular flexibility index (Phi) is 5.68. The smallest absolute Gasteiger partial charge is 0.278 e. The molecule has 1 N–H and O–H groups in total. The first-order chi connectivity index (χ1) is 13.2. The Morgan fingerprint density at radius 1 is 0.964 bits per heavy atom. The van der Waals surface area contributed by atoms with Crippen molar-refractivity contribution in [2.45, 2.75) is 19.9 Å². The third-order valence-corrected chi connectivity index (χ3v) is 5.03. The minimum atomic E-state index is -0.378. The van der Waals surface area contributed by atoms with Gasteiger partial charge in [0, 0.05) is 42.1 Å². The van der Waals surface area contributed by atoms with Crippen LogP contribution in [0, 0.1) is 0 Å². The van der Waals surface area contributed by atoms with Gasteiger partial charge in [-0.25, -0.2) is 0 Å². The van der Waals surface area contributed by atoms with E-state index in [1.54, 1.807) is 32.0 Å². The fraction of sp³-hybridized carbons (Fsp3) is 0.238. The summed E-state index contributed by atoms with van der Waals surface area (Å²) in [5.41, 5.74) is 2.66. The number of rotatable bonds is 5. The zero-order chi connectivity index (χ0) is 20.6. The molecule has 28 heavy (non-hydrogen) atoms. The maximum atomic E-state index is 13.0. The van der Waals surface area contributed by atoms with Crippen LogP contribution in [0.15, 0.2) is 48.2 Å². The molecule has 1 heterocycles. The molecule has 0 radical (unpaired) electrons. The van der Waals surface area contributed by atoms with Gasteiger partial charge in [-0.05, 0) is 50.2 Å². The summed E-state index contributed by atoms with van der Waals surface area (Å²) in [5.74, 6) is -0.755. The summed E-state index contributed by atoms with van der Waals surface area (Å²) in [4.78, 5) is 29.3. The largest absolute Gasteiger partial charge is 0.378 e. The number of hydrogen-bond acceptors (Lipinski definition) is 4. The van der Waals surface area contributed by atoms with Gasteiger partial charge in [-0.3, -0.25) is 14.5 Å². The molecule has 1 aliphatic heterocycles. The maximum absolute atomic E-state index is 13.0. The summed E-state index contributed by atoms with van der Waals surface area (Å²) in [7, 11) is 3.90. The Morgan fingerprint density at radius 3 is 2.14 bits per heavy atom. The van der Waals surface area contributed by atoms with E-state index in [1.165, 1.54) is 4.90 Å². The summed E-state index contributed by atoms with van der Waals surface area (Å²) in [6.45, 7) is 3.59. The summed E-state index contributed by atoms with van der Waals surface area (Å²) in [5, 5.41) is 3.90. The highest BCUT2D eigenvalue weighted by molar-refractivity contribution is 6.41. The van der Waals surface area contributed by atoms with Gasteiger partial charge in [0.1, 0.15) is 5.70 Å². The first-order valence-electron chi connectivity index (χ1n) is 8.82. The number of amides is 2. The van der Waals surface area contributed by atoms with E-state index in [0.717, 1.165) is 5.69 Å². The van der Waals surface area contributed by atoms with Crippen LogP contribution in [0.3, 0.4) is 0 Å². The molecule has 3 rings (SSSR count). The van der Waals surface area contributed by atoms with Crippen molar-refractivity contribution in [2.24, 2.45) is 0 Å². The molecule has 0 unspecified atom stereocenters. The molecule has 7 heteroatoms. The number of carbonyl (C=O) groups excluding carboxylic acids is 2. The van der Waals surface area contributed by atoms with Gasteiger partial charge in [-0.2, -0.15) is 0 Å². The van der Waals surface area contributed by atoms with E-state index in [2.05, 4.69) is 5.32 Å². The van der Waals surface area contributed by atoms with Crippen molar-refractivity contribution in [3.63, 3.8) is 0 Å². The number of hydrogen-bond donors (Lipinski definition) is 1. The van der Waals surface area contributed by atoms with E-state index >= 15 is 0 Å². The van der Waals surface area contributed by atoms with Crippen LogP contribution < -0.4 is 10.2 Å². The standard InChI is InChI=1S/C21H21Cl2N3O2/c1-12(2)26-20(27)18(16-10-5-13(22)11-17(16)23)19(21(26)28)24-14-6-8-15(9-7-14)25(3)4/h5-12,24H,1-4H3. The molecule has 0 aliphatic carbocycles. The van der Waals surface area contributed by atoms with Crippen molar-refractivity contribution in [3.8, 4) is 0 Å². The van der Waals surface area contributed by atoms with Gasteiger partial charge in [-0.15, -0.1) is 0 Å². The number of nitrogens with zero attached hydrogens (tertiary/aromatic N) is 2. The van der Waals surface area contributed by atoms with Crippen molar-refractivity contribution >= 4 is 52.0 Å². The lowest BCUT2D eigenvalue weighted by molar-refractivity contribution is -0.138. The van der Waals surface area contributed by atoms with E-state index in [0.29, 0.717) is 21.3 Å². The lowest BCUT2D eigenvalue weighted by Crippen LogP contribution is -2.38. The van der Waals surface area contributed by atoms with Gasteiger partial charge < -0.3 is 10.2 Å². The van der Waals surface area contributed by atoms with Crippen LogP contribution in [-0.4, -0.2) is 36.9 Å². The predicted molar refractivity (Wildman–Crippen MR) is 115 cm³/mol. The molecule has 0 aromatic heterocycles. The molecule has 2 amide bonds. The summed E-state index contributed by atoms with van der Waals surface area (Å²) in [6.07, 6.45) is 0. The van der Waals surface area contributed by atoms with Crippen LogP contribution in [0.1, 0.15) is 19.4 Å². The quantitative estimate of drug-likeness (QED) is 0.718. The van der Waals surface area contributed by atoms with E-state index < -0.39 is 0 Å². The highest BCUT2D eigenvalue weighted by atomic mass is 35.5. The van der Waals surface area contributed by atoms with Crippen LogP contribution >= 0.6 is 23.2 Å². The van der Waals surface area contributed by atoms with Crippen LogP contribution in [-0.2, 0) is 9.59 Å². The fourth-order valence-corrected chi connectivity index (χ4v) is 3.56. The molecule has 0 spiro atoms. The summed E-state index contributed by atoms with van der Waals surface area (Å²) >= 11 is 12.3. The van der Waals surface area contributed by atoms with E-state index in [1.807, 2.05) is 43.3 Å². The Labute approximate surface area is 174 Å². The third kappa shape index (κ3) is 3.73. The van der Waals surface area contributed by atoms with Crippen molar-refractivity contribution in [2.75, 3.05) is 24.3 Å². The summed E-state index contributed by atoms with van der Waals surface area (Å²) in [6, 6.07) is 12.2. The number of benzene rings is 2. The zero-order valence-corrected chi connectivity index (χ0v) is 17.6. The molecule has 0 bridgehead atoms. The highest BCUT2D eigenvalue weighted by Crippen LogP contribution is 2.36. The molecule has 5 nitrogen and oxygen atoms in total. The second-order valence-electron chi connectivity index (χ2n) is 7.01. The van der Waals surface area contributed by atoms with Gasteiger partial charge in [0.2, 0.25) is 0 Å². The van der Waals surface area contributed by atoms with Gasteiger partial charge in [0.25, 0.3) is 11.8 Å². The monoisotopic (exact) mass is 417 g/mol. The maximum Gasteiger partial charge on any atom is 0.278 e. The SMILES string of the molecule is CC(C)N1C(=O)C(Nc2ccc(N(C)C)cc2)=C(c2ccc(Cl)cc2Cl)C1=O. The van der Waals surface area contributed by atoms with Crippen LogP contribution in [0.25, 0.3) is 5.57 Å². The molecule has 0 saturated carbocycles. The Balaban J connectivity index is 2.09. The molecule has 0 fully saturated rings. The van der Waals surface area contributed by atoms with Gasteiger partial charge >= 0.3 is 0 Å². The van der Waals surface area contributed by atoms with Gasteiger partial charge in [0.15, 0.2) is 0 Å². The Bertz CT molecular complexity index is 966. The molecule has 146 valence electrons. The average molecular weight is 418 g/mol. The summed E-state index contributed by atoms with van der Waals surface area (Å²) < 4.78 is 0. The highest BCUT2D eigenvalue weighted by Gasteiger charge is 2.41. The van der Waals surface area contributed by atoms with Crippen molar-refractivity contribution in [1.29, 1.82) is 0 Å². The topological polar surface area (TPSA) is 52.7 Å². The second kappa shape index (κ2) is 7.86. The number of anilines is 2. The van der Waals surface area contributed by atoms with Crippen LogP contribution in [0.5, 0.6) is 0 Å². The van der Waals surface area contributed by atoms with Crippen LogP contribution in [0.2, 0.25) is 10.0 Å². The van der Waals surface area contributed by atoms with Crippen molar-refractivity contribution in [1.82, 2.24) is 4.90 Å². The molecule has 1 aliphatic rings. The minimum absolute atomic E-state index is 0.209. The number of imide groups is 1. The lowest BCUT2D eigenvalue weighted by Gasteiger charge is -2.19. The molecular weight excluding hydrogens is 397 g/mol. The second-order valence-corrected chi connectivity index (χ2v) is 7.86. The first-order valence-corrected chi connectivity index (χ1v) is 9.58. The normalized spacial score (nSPS) is 14.3. The fourth-order valence-electron chi connectivity index (χ4n) is 3.06. The van der Waals surface area contributed by atoms with Crippen molar-refractivity contribution in [3.05, 3.63) is 63.8 Å². The Morgan fingerprint density at radius 2 is 1.61 bits per heavy atom. The molecule has 0 atom stereocenters. The molecule has 0 saturated heterocycles. The zero-order valence-electron chi connectivity index (χ0n) is 16.1. The average Bonchev–Trinajstić information content (AvgIpc) is 2.86.